The van der Waals surface area contributed by atoms with Gasteiger partial charge in [-0.25, -0.2) is 4.99 Å². The van der Waals surface area contributed by atoms with E-state index in [1.54, 1.807) is 0 Å². The van der Waals surface area contributed by atoms with Crippen LogP contribution < -0.4 is 0 Å². The first-order chi connectivity index (χ1) is 5.59. The molecule has 2 nitrogen and oxygen atoms in total. The van der Waals surface area contributed by atoms with E-state index in [1.807, 2.05) is 13.8 Å². The summed E-state index contributed by atoms with van der Waals surface area (Å²) in [6.45, 7) is 11.3. The van der Waals surface area contributed by atoms with Crippen LogP contribution in [0.4, 0.5) is 0 Å². The van der Waals surface area contributed by atoms with Crippen molar-refractivity contribution in [3.8, 4) is 0 Å². The van der Waals surface area contributed by atoms with Gasteiger partial charge in [-0.15, -0.1) is 0 Å². The maximum absolute atomic E-state index is 5.36. The second-order valence-electron chi connectivity index (χ2n) is 3.19. The van der Waals surface area contributed by atoms with Crippen LogP contribution in [0.3, 0.4) is 0 Å². The SMILES string of the molecule is C=C(/N=C(/C)C(=C)C)OC1CC1. The first-order valence-electron chi connectivity index (χ1n) is 4.16. The predicted molar refractivity (Wildman–Crippen MR) is 51.2 cm³/mol. The van der Waals surface area contributed by atoms with Gasteiger partial charge in [-0.2, -0.15) is 0 Å². The Kier molecular flexibility index (Phi) is 2.69. The minimum Gasteiger partial charge on any atom is -0.475 e. The van der Waals surface area contributed by atoms with Crippen LogP contribution in [0.2, 0.25) is 0 Å². The normalized spacial score (nSPS) is 17.3. The summed E-state index contributed by atoms with van der Waals surface area (Å²) >= 11 is 0. The van der Waals surface area contributed by atoms with Crippen LogP contribution in [0.25, 0.3) is 0 Å². The first-order valence-corrected chi connectivity index (χ1v) is 4.16. The van der Waals surface area contributed by atoms with Gasteiger partial charge in [-0.05, 0) is 38.8 Å². The van der Waals surface area contributed by atoms with Gasteiger partial charge in [-0.1, -0.05) is 6.58 Å². The zero-order chi connectivity index (χ0) is 9.14. The van der Waals surface area contributed by atoms with E-state index in [0.29, 0.717) is 12.0 Å². The number of ether oxygens (including phenoxy) is 1. The Bertz CT molecular complexity index is 236. The van der Waals surface area contributed by atoms with E-state index in [-0.39, 0.29) is 0 Å². The highest BCUT2D eigenvalue weighted by molar-refractivity contribution is 5.97. The molecule has 0 atom stereocenters. The molecule has 1 aliphatic carbocycles. The molecule has 0 aliphatic heterocycles. The van der Waals surface area contributed by atoms with Crippen molar-refractivity contribution in [3.05, 3.63) is 24.6 Å². The molecule has 1 saturated carbocycles. The molecular formula is C10H15NO. The fourth-order valence-electron chi connectivity index (χ4n) is 0.687. The number of aliphatic imine (C=N–C) groups is 1. The van der Waals surface area contributed by atoms with Crippen molar-refractivity contribution in [1.29, 1.82) is 0 Å². The summed E-state index contributed by atoms with van der Waals surface area (Å²) in [6, 6.07) is 0. The van der Waals surface area contributed by atoms with E-state index in [2.05, 4.69) is 18.2 Å². The lowest BCUT2D eigenvalue weighted by Crippen LogP contribution is -1.96. The summed E-state index contributed by atoms with van der Waals surface area (Å²) in [5, 5.41) is 0. The predicted octanol–water partition coefficient (Wildman–Crippen LogP) is 2.67. The van der Waals surface area contributed by atoms with Gasteiger partial charge in [0.25, 0.3) is 0 Å². The van der Waals surface area contributed by atoms with Crippen LogP contribution >= 0.6 is 0 Å². The Morgan fingerprint density at radius 3 is 2.33 bits per heavy atom. The average Bonchev–Trinajstić information content (AvgIpc) is 2.71. The molecule has 12 heavy (non-hydrogen) atoms. The minimum atomic E-state index is 0.374. The third-order valence-corrected chi connectivity index (χ3v) is 1.74. The number of allylic oxidation sites excluding steroid dienone is 1. The maximum Gasteiger partial charge on any atom is 0.206 e. The van der Waals surface area contributed by atoms with Crippen LogP contribution in [0.5, 0.6) is 0 Å². The molecule has 66 valence electrons. The first kappa shape index (κ1) is 9.04. The number of nitrogens with zero attached hydrogens (tertiary/aromatic N) is 1. The van der Waals surface area contributed by atoms with E-state index in [9.17, 15) is 0 Å². The molecule has 0 N–H and O–H groups in total. The fraction of sp³-hybridized carbons (Fsp3) is 0.500. The molecule has 0 aromatic rings. The van der Waals surface area contributed by atoms with Crippen molar-refractivity contribution >= 4 is 5.71 Å². The van der Waals surface area contributed by atoms with Crippen LogP contribution in [0.1, 0.15) is 26.7 Å². The Hall–Kier alpha value is -1.05. The maximum atomic E-state index is 5.36. The van der Waals surface area contributed by atoms with Crippen molar-refractivity contribution in [3.63, 3.8) is 0 Å². The molecule has 0 bridgehead atoms. The minimum absolute atomic E-state index is 0.374. The Balaban J connectivity index is 2.41. The monoisotopic (exact) mass is 165 g/mol. The summed E-state index contributed by atoms with van der Waals surface area (Å²) < 4.78 is 5.36. The van der Waals surface area contributed by atoms with Crippen molar-refractivity contribution in [1.82, 2.24) is 0 Å². The van der Waals surface area contributed by atoms with E-state index < -0.39 is 0 Å². The van der Waals surface area contributed by atoms with Gasteiger partial charge in [0.2, 0.25) is 5.88 Å². The number of hydrogen-bond acceptors (Lipinski definition) is 2. The quantitative estimate of drug-likeness (QED) is 0.463. The number of hydrogen-bond donors (Lipinski definition) is 0. The highest BCUT2D eigenvalue weighted by atomic mass is 16.5. The van der Waals surface area contributed by atoms with E-state index in [0.717, 1.165) is 24.1 Å². The second kappa shape index (κ2) is 3.57. The molecule has 2 heteroatoms. The molecule has 0 amide bonds. The molecule has 1 rings (SSSR count). The average molecular weight is 165 g/mol. The standard InChI is InChI=1S/C10H15NO/c1-7(2)8(3)11-9(4)12-10-5-6-10/h10H,1,4-6H2,2-3H3/b11-8-. The second-order valence-corrected chi connectivity index (χ2v) is 3.19. The molecular weight excluding hydrogens is 150 g/mol. The fourth-order valence-corrected chi connectivity index (χ4v) is 0.687. The number of rotatable bonds is 4. The van der Waals surface area contributed by atoms with E-state index in [4.69, 9.17) is 4.74 Å². The Labute approximate surface area is 73.6 Å². The summed E-state index contributed by atoms with van der Waals surface area (Å²) in [4.78, 5) is 4.16. The summed E-state index contributed by atoms with van der Waals surface area (Å²) in [7, 11) is 0. The summed E-state index contributed by atoms with van der Waals surface area (Å²) in [5.41, 5.74) is 1.84. The zero-order valence-electron chi connectivity index (χ0n) is 7.76. The molecule has 0 spiro atoms. The topological polar surface area (TPSA) is 21.6 Å². The highest BCUT2D eigenvalue weighted by Gasteiger charge is 2.23. The molecule has 0 saturated heterocycles. The highest BCUT2D eigenvalue weighted by Crippen LogP contribution is 2.26. The Morgan fingerprint density at radius 1 is 1.33 bits per heavy atom. The third kappa shape index (κ3) is 2.91. The summed E-state index contributed by atoms with van der Waals surface area (Å²) in [6.07, 6.45) is 2.65. The van der Waals surface area contributed by atoms with E-state index in [1.165, 1.54) is 0 Å². The van der Waals surface area contributed by atoms with Crippen molar-refractivity contribution < 1.29 is 4.74 Å². The Morgan fingerprint density at radius 2 is 1.92 bits per heavy atom. The molecule has 1 aliphatic rings. The van der Waals surface area contributed by atoms with E-state index >= 15 is 0 Å². The van der Waals surface area contributed by atoms with Gasteiger partial charge in [0, 0.05) is 5.71 Å². The lowest BCUT2D eigenvalue weighted by molar-refractivity contribution is 0.196. The molecule has 0 radical (unpaired) electrons. The van der Waals surface area contributed by atoms with Gasteiger partial charge < -0.3 is 4.74 Å². The molecule has 0 heterocycles. The van der Waals surface area contributed by atoms with Crippen molar-refractivity contribution in [2.24, 2.45) is 4.99 Å². The lowest BCUT2D eigenvalue weighted by Gasteiger charge is -2.03. The smallest absolute Gasteiger partial charge is 0.206 e. The lowest BCUT2D eigenvalue weighted by atomic mass is 10.2. The van der Waals surface area contributed by atoms with Crippen LogP contribution in [-0.4, -0.2) is 11.8 Å². The van der Waals surface area contributed by atoms with Crippen molar-refractivity contribution in [2.75, 3.05) is 0 Å². The van der Waals surface area contributed by atoms with Gasteiger partial charge in [0.15, 0.2) is 0 Å². The van der Waals surface area contributed by atoms with Crippen LogP contribution in [0, 0.1) is 0 Å². The van der Waals surface area contributed by atoms with Gasteiger partial charge in [-0.3, -0.25) is 0 Å². The van der Waals surface area contributed by atoms with Gasteiger partial charge >= 0.3 is 0 Å². The van der Waals surface area contributed by atoms with Crippen LogP contribution in [-0.2, 0) is 4.74 Å². The molecule has 0 aromatic heterocycles. The van der Waals surface area contributed by atoms with Crippen LogP contribution in [0.15, 0.2) is 29.6 Å². The summed E-state index contributed by atoms with van der Waals surface area (Å²) in [5.74, 6) is 0.512. The molecule has 0 aromatic carbocycles. The third-order valence-electron chi connectivity index (χ3n) is 1.74. The largest absolute Gasteiger partial charge is 0.475 e. The van der Waals surface area contributed by atoms with Gasteiger partial charge in [0.1, 0.15) is 6.10 Å². The molecule has 1 fully saturated rings. The van der Waals surface area contributed by atoms with Gasteiger partial charge in [0.05, 0.1) is 0 Å². The van der Waals surface area contributed by atoms with Crippen molar-refractivity contribution in [2.45, 2.75) is 32.8 Å². The zero-order valence-corrected chi connectivity index (χ0v) is 7.76. The molecule has 0 unspecified atom stereocenters.